The molecule has 0 amide bonds. The highest BCUT2D eigenvalue weighted by Gasteiger charge is 2.15. The Bertz CT molecular complexity index is 1900. The Morgan fingerprint density at radius 1 is 0.789 bits per heavy atom. The van der Waals surface area contributed by atoms with Crippen molar-refractivity contribution < 1.29 is 8.42 Å². The summed E-state index contributed by atoms with van der Waals surface area (Å²) in [5.41, 5.74) is 4.71. The summed E-state index contributed by atoms with van der Waals surface area (Å²) in [5, 5.41) is 5.64. The summed E-state index contributed by atoms with van der Waals surface area (Å²) in [5.74, 6) is 0.569. The smallest absolute Gasteiger partial charge is 0.261 e. The highest BCUT2D eigenvalue weighted by atomic mass is 79.9. The van der Waals surface area contributed by atoms with E-state index in [9.17, 15) is 8.42 Å². The molecule has 188 valence electrons. The van der Waals surface area contributed by atoms with E-state index in [2.05, 4.69) is 61.3 Å². The van der Waals surface area contributed by atoms with Crippen molar-refractivity contribution in [3.8, 4) is 11.3 Å². The third kappa shape index (κ3) is 4.85. The zero-order valence-corrected chi connectivity index (χ0v) is 22.7. The van der Waals surface area contributed by atoms with E-state index in [1.54, 1.807) is 48.5 Å². The van der Waals surface area contributed by atoms with Crippen LogP contribution in [0.3, 0.4) is 0 Å². The maximum Gasteiger partial charge on any atom is 0.261 e. The van der Waals surface area contributed by atoms with Crippen LogP contribution in [0.1, 0.15) is 5.56 Å². The van der Waals surface area contributed by atoms with Crippen molar-refractivity contribution in [1.29, 1.82) is 0 Å². The fraction of sp³-hybridized carbons (Fsp3) is 0.0345. The third-order valence-corrected chi connectivity index (χ3v) is 7.96. The van der Waals surface area contributed by atoms with Gasteiger partial charge >= 0.3 is 0 Å². The van der Waals surface area contributed by atoms with Gasteiger partial charge in [0.15, 0.2) is 11.5 Å². The second-order valence-electron chi connectivity index (χ2n) is 8.95. The van der Waals surface area contributed by atoms with Crippen LogP contribution >= 0.6 is 15.9 Å². The van der Waals surface area contributed by atoms with Crippen LogP contribution in [0, 0.1) is 6.92 Å². The summed E-state index contributed by atoms with van der Waals surface area (Å²) in [6, 6.07) is 28.2. The fourth-order valence-electron chi connectivity index (χ4n) is 4.23. The third-order valence-electron chi connectivity index (χ3n) is 6.18. The summed E-state index contributed by atoms with van der Waals surface area (Å²) in [7, 11) is -3.68. The molecule has 0 bridgehead atoms. The van der Waals surface area contributed by atoms with Gasteiger partial charge in [-0.05, 0) is 76.1 Å². The minimum absolute atomic E-state index is 0.215. The first-order valence-electron chi connectivity index (χ1n) is 11.9. The van der Waals surface area contributed by atoms with Crippen LogP contribution in [0.5, 0.6) is 0 Å². The Balaban J connectivity index is 1.27. The van der Waals surface area contributed by atoms with Crippen molar-refractivity contribution in [2.45, 2.75) is 11.8 Å². The van der Waals surface area contributed by atoms with Crippen molar-refractivity contribution in [1.82, 2.24) is 14.4 Å². The highest BCUT2D eigenvalue weighted by molar-refractivity contribution is 9.10. The largest absolute Gasteiger partial charge is 0.337 e. The van der Waals surface area contributed by atoms with Crippen molar-refractivity contribution in [3.63, 3.8) is 0 Å². The Kier molecular flexibility index (Phi) is 6.09. The van der Waals surface area contributed by atoms with E-state index in [1.165, 1.54) is 5.39 Å². The van der Waals surface area contributed by atoms with Crippen molar-refractivity contribution >= 4 is 59.6 Å². The summed E-state index contributed by atoms with van der Waals surface area (Å²) in [4.78, 5) is 9.67. The monoisotopic (exact) mass is 583 g/mol. The van der Waals surface area contributed by atoms with E-state index < -0.39 is 10.0 Å². The molecule has 38 heavy (non-hydrogen) atoms. The number of hydrogen-bond donors (Lipinski definition) is 2. The maximum absolute atomic E-state index is 12.7. The van der Waals surface area contributed by atoms with Crippen LogP contribution in [0.2, 0.25) is 0 Å². The number of anilines is 3. The number of nitrogens with one attached hydrogen (secondary N) is 2. The molecule has 2 heterocycles. The number of aryl methyl sites for hydroxylation is 1. The van der Waals surface area contributed by atoms with Gasteiger partial charge < -0.3 is 9.72 Å². The number of hydrogen-bond acceptors (Lipinski definition) is 5. The molecule has 7 nitrogen and oxygen atoms in total. The number of sulfonamides is 1. The Labute approximate surface area is 228 Å². The Hall–Kier alpha value is -4.21. The molecule has 2 N–H and O–H groups in total. The summed E-state index contributed by atoms with van der Waals surface area (Å²) in [6.07, 6.45) is 3.83. The molecule has 0 aliphatic heterocycles. The van der Waals surface area contributed by atoms with E-state index in [-0.39, 0.29) is 4.90 Å². The van der Waals surface area contributed by atoms with Crippen molar-refractivity contribution in [2.75, 3.05) is 10.0 Å². The van der Waals surface area contributed by atoms with Crippen LogP contribution in [-0.2, 0) is 10.0 Å². The second kappa shape index (κ2) is 9.59. The molecule has 0 saturated carbocycles. The van der Waals surface area contributed by atoms with Gasteiger partial charge in [0.25, 0.3) is 10.0 Å². The lowest BCUT2D eigenvalue weighted by atomic mass is 10.1. The standard InChI is InChI=1S/C29H22BrN5O2S/c1-19-6-14-25(15-7-19)38(36,37)34-24-12-10-23(11-13-24)31-28-29-32-26(17-35(29)18-27(30)33-28)22-9-8-20-4-2-3-5-21(20)16-22/h2-18,34H,1H3,(H,31,33). The number of benzene rings is 4. The van der Waals surface area contributed by atoms with E-state index in [4.69, 9.17) is 4.98 Å². The van der Waals surface area contributed by atoms with Crippen LogP contribution in [-0.4, -0.2) is 22.8 Å². The molecule has 0 saturated heterocycles. The average molecular weight is 584 g/mol. The molecule has 0 fully saturated rings. The molecule has 0 atom stereocenters. The number of halogens is 1. The zero-order valence-electron chi connectivity index (χ0n) is 20.3. The molecule has 0 unspecified atom stereocenters. The normalized spacial score (nSPS) is 11.6. The van der Waals surface area contributed by atoms with E-state index in [0.29, 0.717) is 21.8 Å². The topological polar surface area (TPSA) is 88.4 Å². The van der Waals surface area contributed by atoms with Crippen LogP contribution in [0.15, 0.2) is 113 Å². The van der Waals surface area contributed by atoms with Gasteiger partial charge in [-0.25, -0.2) is 18.4 Å². The van der Waals surface area contributed by atoms with Crippen LogP contribution < -0.4 is 10.0 Å². The number of imidazole rings is 1. The molecule has 6 aromatic rings. The quantitative estimate of drug-likeness (QED) is 0.217. The molecule has 0 radical (unpaired) electrons. The Morgan fingerprint density at radius 3 is 2.26 bits per heavy atom. The molecular formula is C29H22BrN5O2S. The van der Waals surface area contributed by atoms with Gasteiger partial charge in [-0.3, -0.25) is 4.72 Å². The second-order valence-corrected chi connectivity index (χ2v) is 11.4. The minimum atomic E-state index is -3.68. The summed E-state index contributed by atoms with van der Waals surface area (Å²) >= 11 is 3.49. The predicted molar refractivity (Wildman–Crippen MR) is 155 cm³/mol. The van der Waals surface area contributed by atoms with Gasteiger partial charge in [-0.2, -0.15) is 0 Å². The molecule has 0 aliphatic rings. The first-order chi connectivity index (χ1) is 18.3. The number of nitrogens with zero attached hydrogens (tertiary/aromatic N) is 3. The first-order valence-corrected chi connectivity index (χ1v) is 14.1. The lowest BCUT2D eigenvalue weighted by Gasteiger charge is -2.11. The molecule has 9 heteroatoms. The van der Waals surface area contributed by atoms with Gasteiger partial charge in [0, 0.05) is 29.3 Å². The van der Waals surface area contributed by atoms with Crippen LogP contribution in [0.25, 0.3) is 27.7 Å². The van der Waals surface area contributed by atoms with Gasteiger partial charge in [0.2, 0.25) is 0 Å². The SMILES string of the molecule is Cc1ccc(S(=O)(=O)Nc2ccc(Nc3nc(Br)cn4cc(-c5ccc6ccccc6c5)nc34)cc2)cc1. The first kappa shape index (κ1) is 24.1. The molecule has 0 spiro atoms. The number of aromatic nitrogens is 3. The molecule has 2 aromatic heterocycles. The molecule has 4 aromatic carbocycles. The van der Waals surface area contributed by atoms with Gasteiger partial charge in [0.05, 0.1) is 10.6 Å². The summed E-state index contributed by atoms with van der Waals surface area (Å²) < 4.78 is 30.6. The Morgan fingerprint density at radius 2 is 1.50 bits per heavy atom. The van der Waals surface area contributed by atoms with Crippen LogP contribution in [0.4, 0.5) is 17.2 Å². The molecular weight excluding hydrogens is 562 g/mol. The van der Waals surface area contributed by atoms with E-state index >= 15 is 0 Å². The van der Waals surface area contributed by atoms with Crippen molar-refractivity contribution in [2.24, 2.45) is 0 Å². The van der Waals surface area contributed by atoms with Gasteiger partial charge in [0.1, 0.15) is 4.60 Å². The lowest BCUT2D eigenvalue weighted by Crippen LogP contribution is -2.12. The molecule has 0 aliphatic carbocycles. The fourth-order valence-corrected chi connectivity index (χ4v) is 5.69. The number of rotatable bonds is 6. The van der Waals surface area contributed by atoms with Crippen molar-refractivity contribution in [3.05, 3.63) is 114 Å². The predicted octanol–water partition coefficient (Wildman–Crippen LogP) is 7.16. The van der Waals surface area contributed by atoms with E-state index in [1.807, 2.05) is 35.9 Å². The highest BCUT2D eigenvalue weighted by Crippen LogP contribution is 2.29. The summed E-state index contributed by atoms with van der Waals surface area (Å²) in [6.45, 7) is 1.91. The van der Waals surface area contributed by atoms with Gasteiger partial charge in [-0.1, -0.05) is 54.1 Å². The van der Waals surface area contributed by atoms with E-state index in [0.717, 1.165) is 27.9 Å². The molecule has 6 rings (SSSR count). The van der Waals surface area contributed by atoms with Gasteiger partial charge in [-0.15, -0.1) is 0 Å². The maximum atomic E-state index is 12.7. The average Bonchev–Trinajstić information content (AvgIpc) is 3.34. The minimum Gasteiger partial charge on any atom is -0.337 e. The lowest BCUT2D eigenvalue weighted by molar-refractivity contribution is 0.601. The number of fused-ring (bicyclic) bond motifs is 2. The zero-order chi connectivity index (χ0) is 26.3.